The van der Waals surface area contributed by atoms with Crippen LogP contribution in [0.15, 0.2) is 144 Å². The number of fused-ring (bicyclic) bond motifs is 10. The largest absolute Gasteiger partial charge is 0.490 e. The first kappa shape index (κ1) is 31.1. The van der Waals surface area contributed by atoms with Crippen LogP contribution in [0.3, 0.4) is 0 Å². The van der Waals surface area contributed by atoms with Crippen LogP contribution in [-0.2, 0) is 10.2 Å². The van der Waals surface area contributed by atoms with Crippen LogP contribution in [0.1, 0.15) is 99.7 Å². The lowest BCUT2D eigenvalue weighted by Crippen LogP contribution is -2.57. The van der Waals surface area contributed by atoms with E-state index >= 15 is 0 Å². The zero-order valence-corrected chi connectivity index (χ0v) is 30.2. The first-order valence-corrected chi connectivity index (χ1v) is 20.4. The van der Waals surface area contributed by atoms with Crippen molar-refractivity contribution in [2.24, 2.45) is 11.8 Å². The highest BCUT2D eigenvalue weighted by Gasteiger charge is 2.62. The van der Waals surface area contributed by atoms with Gasteiger partial charge in [-0.3, -0.25) is 0 Å². The Morgan fingerprint density at radius 1 is 0.788 bits per heavy atom. The Balaban J connectivity index is 1.11. The molecule has 2 aromatic rings. The first-order valence-electron chi connectivity index (χ1n) is 20.4. The fourth-order valence-corrected chi connectivity index (χ4v) is 12.1. The maximum absolute atomic E-state index is 7.36. The van der Waals surface area contributed by atoms with Crippen LogP contribution in [0.2, 0.25) is 0 Å². The minimum atomic E-state index is -0.297. The van der Waals surface area contributed by atoms with E-state index in [9.17, 15) is 0 Å². The second kappa shape index (κ2) is 12.3. The van der Waals surface area contributed by atoms with Crippen LogP contribution in [0.25, 0.3) is 5.57 Å². The van der Waals surface area contributed by atoms with Crippen molar-refractivity contribution >= 4 is 11.3 Å². The second-order valence-electron chi connectivity index (χ2n) is 16.5. The number of allylic oxidation sites excluding steroid dienone is 14. The molecule has 52 heavy (non-hydrogen) atoms. The summed E-state index contributed by atoms with van der Waals surface area (Å²) in [6, 6.07) is 17.1. The summed E-state index contributed by atoms with van der Waals surface area (Å²) in [6.07, 6.45) is 42.1. The molecule has 3 heteroatoms. The van der Waals surface area contributed by atoms with Gasteiger partial charge in [-0.2, -0.15) is 0 Å². The first-order chi connectivity index (χ1) is 25.8. The number of para-hydroxylation sites is 1. The average Bonchev–Trinajstić information content (AvgIpc) is 3.56. The molecule has 3 heterocycles. The Morgan fingerprint density at radius 3 is 2.65 bits per heavy atom. The third-order valence-corrected chi connectivity index (χ3v) is 14.0. The Labute approximate surface area is 309 Å². The number of anilines is 1. The fourth-order valence-electron chi connectivity index (χ4n) is 12.1. The zero-order valence-electron chi connectivity index (χ0n) is 30.2. The van der Waals surface area contributed by atoms with Gasteiger partial charge in [0.25, 0.3) is 0 Å². The minimum absolute atomic E-state index is 0.0424. The van der Waals surface area contributed by atoms with Gasteiger partial charge in [-0.05, 0) is 116 Å². The van der Waals surface area contributed by atoms with E-state index in [1.54, 1.807) is 16.7 Å². The number of benzene rings is 2. The predicted molar refractivity (Wildman–Crippen MR) is 211 cm³/mol. The normalized spacial score (nSPS) is 33.7. The average molecular weight is 684 g/mol. The Morgan fingerprint density at radius 2 is 1.73 bits per heavy atom. The van der Waals surface area contributed by atoms with Crippen LogP contribution >= 0.6 is 0 Å². The summed E-state index contributed by atoms with van der Waals surface area (Å²) >= 11 is 0. The van der Waals surface area contributed by atoms with Crippen molar-refractivity contribution in [3.8, 4) is 5.75 Å². The Bertz CT molecular complexity index is 2110. The van der Waals surface area contributed by atoms with E-state index in [4.69, 9.17) is 9.47 Å². The third-order valence-electron chi connectivity index (χ3n) is 14.0. The molecule has 1 spiro atoms. The Kier molecular flexibility index (Phi) is 7.34. The van der Waals surface area contributed by atoms with Gasteiger partial charge in [-0.25, -0.2) is 0 Å². The molecule has 2 aromatic carbocycles. The lowest BCUT2D eigenvalue weighted by Gasteiger charge is -2.58. The van der Waals surface area contributed by atoms with Gasteiger partial charge < -0.3 is 14.4 Å². The molecule has 7 unspecified atom stereocenters. The van der Waals surface area contributed by atoms with Gasteiger partial charge in [-0.15, -0.1) is 0 Å². The molecular formula is C49H49NO2. The fraction of sp³-hybridized carbons (Fsp3) is 0.388. The standard InChI is InChI=1S/C49H49NO2/c1-3-15-32(16-4-1)33-29-30-40-46(31-33)52-45-28-14-21-36(48(45)49(40)38-22-8-11-26-43(38)51-44-27-12-9-23-39(44)49)35-20-13-25-42-47(35)37-19-7-10-24-41(37)50(42)34-17-5-2-6-18-34/h2-3,5,7-8,10-11,14-17,19,21-22,24,28-31,35,42-43,45,47-48H,1,4,6,9,12-13,18,20,23,25-27H2. The van der Waals surface area contributed by atoms with Crippen molar-refractivity contribution < 1.29 is 9.47 Å². The van der Waals surface area contributed by atoms with Crippen LogP contribution < -0.4 is 9.64 Å². The molecule has 0 saturated heterocycles. The van der Waals surface area contributed by atoms with E-state index in [0.717, 1.165) is 50.7 Å². The zero-order chi connectivity index (χ0) is 34.2. The quantitative estimate of drug-likeness (QED) is 0.321. The van der Waals surface area contributed by atoms with Gasteiger partial charge in [0.15, 0.2) is 0 Å². The van der Waals surface area contributed by atoms with E-state index in [0.29, 0.717) is 17.9 Å². The van der Waals surface area contributed by atoms with Gasteiger partial charge in [-0.1, -0.05) is 103 Å². The molecule has 0 radical (unpaired) electrons. The van der Waals surface area contributed by atoms with Crippen molar-refractivity contribution in [1.29, 1.82) is 0 Å². The van der Waals surface area contributed by atoms with Crippen molar-refractivity contribution in [2.45, 2.75) is 107 Å². The molecule has 0 aromatic heterocycles. The number of nitrogens with zero attached hydrogens (tertiary/aromatic N) is 1. The molecule has 0 N–H and O–H groups in total. The highest BCUT2D eigenvalue weighted by molar-refractivity contribution is 5.77. The van der Waals surface area contributed by atoms with E-state index in [-0.39, 0.29) is 23.5 Å². The summed E-state index contributed by atoms with van der Waals surface area (Å²) in [4.78, 5) is 2.77. The maximum Gasteiger partial charge on any atom is 0.125 e. The number of rotatable bonds is 3. The van der Waals surface area contributed by atoms with Gasteiger partial charge in [0.05, 0.1) is 11.2 Å². The van der Waals surface area contributed by atoms with Crippen LogP contribution in [0, 0.1) is 11.8 Å². The topological polar surface area (TPSA) is 21.7 Å². The smallest absolute Gasteiger partial charge is 0.125 e. The van der Waals surface area contributed by atoms with E-state index in [2.05, 4.69) is 120 Å². The number of hydrogen-bond acceptors (Lipinski definition) is 3. The summed E-state index contributed by atoms with van der Waals surface area (Å²) in [7, 11) is 0. The van der Waals surface area contributed by atoms with Crippen molar-refractivity contribution in [3.05, 3.63) is 160 Å². The van der Waals surface area contributed by atoms with Crippen molar-refractivity contribution in [3.63, 3.8) is 0 Å². The molecule has 262 valence electrons. The third kappa shape index (κ3) is 4.50. The highest BCUT2D eigenvalue weighted by atomic mass is 16.5. The molecule has 0 amide bonds. The maximum atomic E-state index is 7.36. The summed E-state index contributed by atoms with van der Waals surface area (Å²) in [6.45, 7) is 0. The molecule has 7 atom stereocenters. The number of ether oxygens (including phenoxy) is 2. The predicted octanol–water partition coefficient (Wildman–Crippen LogP) is 11.7. The van der Waals surface area contributed by atoms with Crippen molar-refractivity contribution in [1.82, 2.24) is 0 Å². The van der Waals surface area contributed by atoms with Crippen LogP contribution in [0.5, 0.6) is 5.75 Å². The summed E-state index contributed by atoms with van der Waals surface area (Å²) < 4.78 is 14.4. The van der Waals surface area contributed by atoms with Crippen molar-refractivity contribution in [2.75, 3.05) is 4.90 Å². The summed E-state index contributed by atoms with van der Waals surface area (Å²) in [5, 5.41) is 0. The molecule has 3 aliphatic heterocycles. The number of hydrogen-bond donors (Lipinski definition) is 0. The van der Waals surface area contributed by atoms with E-state index < -0.39 is 0 Å². The lowest BCUT2D eigenvalue weighted by molar-refractivity contribution is 0.0520. The molecule has 11 rings (SSSR count). The van der Waals surface area contributed by atoms with Gasteiger partial charge in [0.2, 0.25) is 0 Å². The molecule has 1 saturated carbocycles. The molecule has 3 nitrogen and oxygen atoms in total. The lowest BCUT2D eigenvalue weighted by atomic mass is 9.49. The second-order valence-corrected chi connectivity index (χ2v) is 16.5. The van der Waals surface area contributed by atoms with Gasteiger partial charge in [0.1, 0.15) is 18.0 Å². The highest BCUT2D eigenvalue weighted by Crippen LogP contribution is 2.66. The molecular weight excluding hydrogens is 635 g/mol. The van der Waals surface area contributed by atoms with Gasteiger partial charge in [0, 0.05) is 47.7 Å². The summed E-state index contributed by atoms with van der Waals surface area (Å²) in [5.41, 5.74) is 12.7. The monoisotopic (exact) mass is 683 g/mol. The minimum Gasteiger partial charge on any atom is -0.490 e. The molecule has 0 bridgehead atoms. The SMILES string of the molecule is C1=CCCC(N2c3ccccc3C3C(C4=CC=CC5Oc6cc(C7=CCCC=C7)ccc6C6(C7=CC=CCC7OC7=C6CCCC7)C45)CCCC32)=C1. The van der Waals surface area contributed by atoms with Crippen LogP contribution in [0.4, 0.5) is 5.69 Å². The molecule has 6 aliphatic carbocycles. The molecule has 1 fully saturated rings. The van der Waals surface area contributed by atoms with Crippen LogP contribution in [-0.4, -0.2) is 18.2 Å². The van der Waals surface area contributed by atoms with E-state index in [1.807, 2.05) is 0 Å². The molecule has 9 aliphatic rings. The Hall–Kier alpha value is -4.50. The summed E-state index contributed by atoms with van der Waals surface area (Å²) in [5.74, 6) is 3.42. The van der Waals surface area contributed by atoms with Gasteiger partial charge >= 0.3 is 0 Å². The van der Waals surface area contributed by atoms with E-state index in [1.165, 1.54) is 71.5 Å².